The normalized spacial score (nSPS) is 11.3. The first-order chi connectivity index (χ1) is 15.3. The van der Waals surface area contributed by atoms with E-state index in [-0.39, 0.29) is 28.7 Å². The van der Waals surface area contributed by atoms with Crippen molar-refractivity contribution in [3.8, 4) is 5.69 Å². The molecule has 0 unspecified atom stereocenters. The van der Waals surface area contributed by atoms with Crippen molar-refractivity contribution in [3.63, 3.8) is 0 Å². The van der Waals surface area contributed by atoms with Crippen molar-refractivity contribution in [2.75, 3.05) is 10.6 Å². The summed E-state index contributed by atoms with van der Waals surface area (Å²) < 4.78 is 45.8. The zero-order valence-corrected chi connectivity index (χ0v) is 16.9. The summed E-state index contributed by atoms with van der Waals surface area (Å²) in [5, 5.41) is 10.9. The Morgan fingerprint density at radius 2 is 2.00 bits per heavy atom. The highest BCUT2D eigenvalue weighted by molar-refractivity contribution is 7.14. The summed E-state index contributed by atoms with van der Waals surface area (Å²) in [6.07, 6.45) is -0.401. The Morgan fingerprint density at radius 3 is 2.69 bits per heavy atom. The molecule has 3 aromatic heterocycles. The molecule has 2 N–H and O–H groups in total. The van der Waals surface area contributed by atoms with Crippen molar-refractivity contribution in [1.82, 2.24) is 14.8 Å². The molecule has 0 saturated carbocycles. The van der Waals surface area contributed by atoms with Gasteiger partial charge in [0, 0.05) is 17.8 Å². The minimum Gasteiger partial charge on any atom is -0.459 e. The Labute approximate surface area is 182 Å². The summed E-state index contributed by atoms with van der Waals surface area (Å²) in [5.41, 5.74) is -0.328. The average molecular weight is 461 g/mol. The topological polar surface area (TPSA) is 102 Å². The van der Waals surface area contributed by atoms with Crippen LogP contribution in [-0.2, 0) is 17.4 Å². The van der Waals surface area contributed by atoms with Gasteiger partial charge in [-0.15, -0.1) is 11.3 Å². The average Bonchev–Trinajstić information content (AvgIpc) is 3.50. The number of carbonyl (C=O) groups excluding carboxylic acids is 2. The third-order valence-electron chi connectivity index (χ3n) is 4.21. The molecule has 1 aromatic carbocycles. The lowest BCUT2D eigenvalue weighted by Gasteiger charge is -2.14. The second-order valence-electron chi connectivity index (χ2n) is 6.48. The standard InChI is InChI=1S/C20H14F3N5O3S/c21-20(22,23)12-4-5-15(28-7-2-6-24-28)14(9-12)26-17(29)10-13-11-32-19(25-13)27-18(30)16-3-1-8-31-16/h1-9,11H,10H2,(H,26,29)(H,25,27,30). The zero-order valence-electron chi connectivity index (χ0n) is 16.1. The molecule has 0 aliphatic heterocycles. The number of thiazole rings is 1. The third kappa shape index (κ3) is 4.86. The summed E-state index contributed by atoms with van der Waals surface area (Å²) in [7, 11) is 0. The number of hydrogen-bond acceptors (Lipinski definition) is 6. The van der Waals surface area contributed by atoms with E-state index >= 15 is 0 Å². The van der Waals surface area contributed by atoms with Crippen LogP contribution >= 0.6 is 11.3 Å². The van der Waals surface area contributed by atoms with Crippen LogP contribution in [0.4, 0.5) is 24.0 Å². The maximum absolute atomic E-state index is 13.2. The number of alkyl halides is 3. The lowest BCUT2D eigenvalue weighted by molar-refractivity contribution is -0.137. The van der Waals surface area contributed by atoms with Crippen LogP contribution in [0.1, 0.15) is 21.8 Å². The molecule has 0 aliphatic carbocycles. The van der Waals surface area contributed by atoms with Gasteiger partial charge in [0.2, 0.25) is 5.91 Å². The fourth-order valence-corrected chi connectivity index (χ4v) is 3.50. The summed E-state index contributed by atoms with van der Waals surface area (Å²) >= 11 is 1.10. The van der Waals surface area contributed by atoms with Gasteiger partial charge in [-0.25, -0.2) is 9.67 Å². The molecule has 164 valence electrons. The van der Waals surface area contributed by atoms with Crippen molar-refractivity contribution in [3.05, 3.63) is 77.5 Å². The lowest BCUT2D eigenvalue weighted by atomic mass is 10.1. The van der Waals surface area contributed by atoms with Gasteiger partial charge in [0.15, 0.2) is 10.9 Å². The molecule has 0 bridgehead atoms. The predicted octanol–water partition coefficient (Wildman–Crippen LogP) is 4.37. The zero-order chi connectivity index (χ0) is 22.7. The molecule has 4 rings (SSSR count). The van der Waals surface area contributed by atoms with Crippen molar-refractivity contribution in [1.29, 1.82) is 0 Å². The van der Waals surface area contributed by atoms with Crippen LogP contribution in [0.2, 0.25) is 0 Å². The van der Waals surface area contributed by atoms with Crippen LogP contribution < -0.4 is 10.6 Å². The SMILES string of the molecule is O=C(Cc1csc(NC(=O)c2ccco2)n1)Nc1cc(C(F)(F)F)ccc1-n1cccn1. The van der Waals surface area contributed by atoms with E-state index in [0.717, 1.165) is 23.5 Å². The van der Waals surface area contributed by atoms with Crippen LogP contribution in [0, 0.1) is 0 Å². The Bertz CT molecular complexity index is 1230. The lowest BCUT2D eigenvalue weighted by Crippen LogP contribution is -2.17. The molecule has 4 aromatic rings. The van der Waals surface area contributed by atoms with Crippen molar-refractivity contribution in [2.24, 2.45) is 0 Å². The smallest absolute Gasteiger partial charge is 0.416 e. The van der Waals surface area contributed by atoms with Gasteiger partial charge >= 0.3 is 6.18 Å². The van der Waals surface area contributed by atoms with E-state index in [9.17, 15) is 22.8 Å². The van der Waals surface area contributed by atoms with Crippen LogP contribution in [-0.4, -0.2) is 26.6 Å². The summed E-state index contributed by atoms with van der Waals surface area (Å²) in [4.78, 5) is 28.7. The summed E-state index contributed by atoms with van der Waals surface area (Å²) in [6, 6.07) is 7.67. The number of aromatic nitrogens is 3. The molecule has 0 atom stereocenters. The monoisotopic (exact) mass is 461 g/mol. The minimum atomic E-state index is -4.57. The van der Waals surface area contributed by atoms with E-state index < -0.39 is 23.6 Å². The van der Waals surface area contributed by atoms with E-state index in [1.165, 1.54) is 29.3 Å². The Hall–Kier alpha value is -3.93. The molecular weight excluding hydrogens is 447 g/mol. The van der Waals surface area contributed by atoms with E-state index in [1.54, 1.807) is 23.7 Å². The molecular formula is C20H14F3N5O3S. The van der Waals surface area contributed by atoms with Gasteiger partial charge < -0.3 is 9.73 Å². The van der Waals surface area contributed by atoms with Crippen molar-refractivity contribution < 1.29 is 27.2 Å². The number of hydrogen-bond donors (Lipinski definition) is 2. The van der Waals surface area contributed by atoms with E-state index in [1.807, 2.05) is 0 Å². The second-order valence-corrected chi connectivity index (χ2v) is 7.34. The third-order valence-corrected chi connectivity index (χ3v) is 5.01. The fraction of sp³-hybridized carbons (Fsp3) is 0.100. The predicted molar refractivity (Wildman–Crippen MR) is 110 cm³/mol. The van der Waals surface area contributed by atoms with Crippen LogP contribution in [0.15, 0.2) is 64.9 Å². The van der Waals surface area contributed by atoms with E-state index in [4.69, 9.17) is 4.42 Å². The molecule has 0 aliphatic rings. The maximum Gasteiger partial charge on any atom is 0.416 e. The molecule has 3 heterocycles. The summed E-state index contributed by atoms with van der Waals surface area (Å²) in [6.45, 7) is 0. The fourth-order valence-electron chi connectivity index (χ4n) is 2.79. The number of anilines is 2. The minimum absolute atomic E-state index is 0.0462. The van der Waals surface area contributed by atoms with Gasteiger partial charge in [0.1, 0.15) is 0 Å². The van der Waals surface area contributed by atoms with Crippen molar-refractivity contribution in [2.45, 2.75) is 12.6 Å². The van der Waals surface area contributed by atoms with E-state index in [2.05, 4.69) is 20.7 Å². The number of amides is 2. The molecule has 2 amide bonds. The Balaban J connectivity index is 1.48. The van der Waals surface area contributed by atoms with Gasteiger partial charge in [-0.1, -0.05) is 0 Å². The van der Waals surface area contributed by atoms with Crippen LogP contribution in [0.5, 0.6) is 0 Å². The number of nitrogens with zero attached hydrogens (tertiary/aromatic N) is 3. The number of nitrogens with one attached hydrogen (secondary N) is 2. The number of benzene rings is 1. The first-order valence-corrected chi connectivity index (χ1v) is 9.98. The maximum atomic E-state index is 13.2. The number of furan rings is 1. The Kier molecular flexibility index (Phi) is 5.77. The number of carbonyl (C=O) groups is 2. The molecule has 0 fully saturated rings. The Morgan fingerprint density at radius 1 is 1.16 bits per heavy atom. The largest absolute Gasteiger partial charge is 0.459 e. The summed E-state index contributed by atoms with van der Waals surface area (Å²) in [5.74, 6) is -0.963. The number of halogens is 3. The molecule has 0 radical (unpaired) electrons. The highest BCUT2D eigenvalue weighted by atomic mass is 32.1. The van der Waals surface area contributed by atoms with Crippen molar-refractivity contribution >= 4 is 34.0 Å². The first kappa shape index (κ1) is 21.3. The van der Waals surface area contributed by atoms with Gasteiger partial charge in [-0.3, -0.25) is 14.9 Å². The molecule has 12 heteroatoms. The molecule has 0 saturated heterocycles. The second kappa shape index (κ2) is 8.67. The highest BCUT2D eigenvalue weighted by Gasteiger charge is 2.31. The van der Waals surface area contributed by atoms with E-state index in [0.29, 0.717) is 5.69 Å². The van der Waals surface area contributed by atoms with Gasteiger partial charge in [-0.05, 0) is 36.4 Å². The van der Waals surface area contributed by atoms with Gasteiger partial charge in [0.25, 0.3) is 5.91 Å². The highest BCUT2D eigenvalue weighted by Crippen LogP contribution is 2.33. The first-order valence-electron chi connectivity index (χ1n) is 9.10. The molecule has 0 spiro atoms. The van der Waals surface area contributed by atoms with Gasteiger partial charge in [-0.2, -0.15) is 18.3 Å². The molecule has 32 heavy (non-hydrogen) atoms. The quantitative estimate of drug-likeness (QED) is 0.444. The number of rotatable bonds is 6. The molecule has 8 nitrogen and oxygen atoms in total. The van der Waals surface area contributed by atoms with Gasteiger partial charge in [0.05, 0.1) is 35.3 Å². The van der Waals surface area contributed by atoms with Crippen LogP contribution in [0.25, 0.3) is 5.69 Å². The van der Waals surface area contributed by atoms with Crippen LogP contribution in [0.3, 0.4) is 0 Å².